The summed E-state index contributed by atoms with van der Waals surface area (Å²) in [5.41, 5.74) is 3.74. The van der Waals surface area contributed by atoms with Crippen LogP contribution in [0.1, 0.15) is 50.2 Å². The van der Waals surface area contributed by atoms with Gasteiger partial charge in [0, 0.05) is 24.6 Å². The van der Waals surface area contributed by atoms with Gasteiger partial charge in [0.05, 0.1) is 11.6 Å². The third kappa shape index (κ3) is 1.87. The van der Waals surface area contributed by atoms with Crippen LogP contribution in [0.3, 0.4) is 0 Å². The first-order chi connectivity index (χ1) is 9.75. The number of anilines is 1. The molecule has 3 atom stereocenters. The highest BCUT2D eigenvalue weighted by atomic mass is 16.5. The first-order valence-electron chi connectivity index (χ1n) is 7.71. The lowest BCUT2D eigenvalue weighted by molar-refractivity contribution is -0.125. The van der Waals surface area contributed by atoms with Crippen LogP contribution in [-0.4, -0.2) is 24.5 Å². The van der Waals surface area contributed by atoms with E-state index < -0.39 is 0 Å². The molecule has 2 unspecified atom stereocenters. The Morgan fingerprint density at radius 1 is 1.45 bits per heavy atom. The molecule has 0 saturated carbocycles. The van der Waals surface area contributed by atoms with E-state index in [0.29, 0.717) is 12.3 Å². The quantitative estimate of drug-likeness (QED) is 0.856. The minimum atomic E-state index is -0.339. The summed E-state index contributed by atoms with van der Waals surface area (Å²) in [5.74, 6) is 0.477. The summed E-state index contributed by atoms with van der Waals surface area (Å²) >= 11 is 0. The van der Waals surface area contributed by atoms with Crippen molar-refractivity contribution in [2.45, 2.75) is 57.1 Å². The number of carbonyl (C=O) groups is 1. The summed E-state index contributed by atoms with van der Waals surface area (Å²) < 4.78 is 6.08. The SMILES string of the molecule is CCc1cccc2c1NC1C2CCO[C@]1(CC)CC=O. The minimum Gasteiger partial charge on any atom is -0.378 e. The maximum atomic E-state index is 11.1. The number of aryl methyl sites for hydroxylation is 1. The van der Waals surface area contributed by atoms with Crippen molar-refractivity contribution in [2.75, 3.05) is 11.9 Å². The highest BCUT2D eigenvalue weighted by molar-refractivity contribution is 5.66. The van der Waals surface area contributed by atoms with Crippen molar-refractivity contribution in [3.05, 3.63) is 29.3 Å². The van der Waals surface area contributed by atoms with Gasteiger partial charge < -0.3 is 14.8 Å². The van der Waals surface area contributed by atoms with Crippen molar-refractivity contribution in [3.63, 3.8) is 0 Å². The van der Waals surface area contributed by atoms with Crippen LogP contribution in [0.5, 0.6) is 0 Å². The molecule has 1 fully saturated rings. The van der Waals surface area contributed by atoms with E-state index in [0.717, 1.165) is 32.2 Å². The fourth-order valence-corrected chi connectivity index (χ4v) is 3.93. The zero-order valence-electron chi connectivity index (χ0n) is 12.3. The molecule has 0 bridgehead atoms. The number of rotatable bonds is 4. The van der Waals surface area contributed by atoms with E-state index in [4.69, 9.17) is 4.74 Å². The molecule has 108 valence electrons. The maximum absolute atomic E-state index is 11.1. The zero-order valence-corrected chi connectivity index (χ0v) is 12.3. The normalized spacial score (nSPS) is 31.3. The molecule has 0 aromatic heterocycles. The molecule has 1 aromatic rings. The van der Waals surface area contributed by atoms with Crippen LogP contribution in [0.15, 0.2) is 18.2 Å². The number of benzene rings is 1. The van der Waals surface area contributed by atoms with Gasteiger partial charge in [0.15, 0.2) is 0 Å². The van der Waals surface area contributed by atoms with E-state index in [9.17, 15) is 4.79 Å². The Bertz CT molecular complexity index is 514. The summed E-state index contributed by atoms with van der Waals surface area (Å²) in [4.78, 5) is 11.1. The van der Waals surface area contributed by atoms with Gasteiger partial charge in [-0.1, -0.05) is 32.0 Å². The standard InChI is InChI=1S/C17H23NO2/c1-3-12-6-5-7-13-14-8-11-20-17(4-2,9-10-19)16(14)18-15(12)13/h5-7,10,14,16,18H,3-4,8-9,11H2,1-2H3/t14?,16?,17-/m1/s1. The molecule has 3 nitrogen and oxygen atoms in total. The van der Waals surface area contributed by atoms with Crippen LogP contribution >= 0.6 is 0 Å². The van der Waals surface area contributed by atoms with Crippen molar-refractivity contribution in [2.24, 2.45) is 0 Å². The fraction of sp³-hybridized carbons (Fsp3) is 0.588. The molecule has 0 radical (unpaired) electrons. The highest BCUT2D eigenvalue weighted by Crippen LogP contribution is 2.49. The van der Waals surface area contributed by atoms with Crippen LogP contribution in [0, 0.1) is 0 Å². The molecule has 3 rings (SSSR count). The van der Waals surface area contributed by atoms with Gasteiger partial charge in [-0.25, -0.2) is 0 Å². The van der Waals surface area contributed by atoms with Crippen molar-refractivity contribution in [1.82, 2.24) is 0 Å². The maximum Gasteiger partial charge on any atom is 0.122 e. The average Bonchev–Trinajstić information content (AvgIpc) is 2.87. The van der Waals surface area contributed by atoms with Crippen molar-refractivity contribution in [1.29, 1.82) is 0 Å². The minimum absolute atomic E-state index is 0.231. The molecule has 2 aliphatic rings. The Morgan fingerprint density at radius 3 is 3.00 bits per heavy atom. The van der Waals surface area contributed by atoms with Gasteiger partial charge in [-0.2, -0.15) is 0 Å². The lowest BCUT2D eigenvalue weighted by Crippen LogP contribution is -2.53. The summed E-state index contributed by atoms with van der Waals surface area (Å²) in [6.07, 6.45) is 4.43. The first-order valence-corrected chi connectivity index (χ1v) is 7.71. The molecule has 20 heavy (non-hydrogen) atoms. The zero-order chi connectivity index (χ0) is 14.2. The van der Waals surface area contributed by atoms with E-state index in [1.165, 1.54) is 16.8 Å². The van der Waals surface area contributed by atoms with Gasteiger partial charge in [-0.05, 0) is 30.4 Å². The van der Waals surface area contributed by atoms with Gasteiger partial charge in [-0.3, -0.25) is 0 Å². The van der Waals surface area contributed by atoms with Crippen LogP contribution < -0.4 is 5.32 Å². The second-order valence-corrected chi connectivity index (χ2v) is 5.89. The molecule has 1 N–H and O–H groups in total. The lowest BCUT2D eigenvalue weighted by atomic mass is 9.76. The predicted molar refractivity (Wildman–Crippen MR) is 80.2 cm³/mol. The molecule has 3 heteroatoms. The third-order valence-electron chi connectivity index (χ3n) is 5.08. The second kappa shape index (κ2) is 5.21. The number of ether oxygens (including phenoxy) is 1. The van der Waals surface area contributed by atoms with Gasteiger partial charge in [-0.15, -0.1) is 0 Å². The van der Waals surface area contributed by atoms with Gasteiger partial charge in [0.1, 0.15) is 6.29 Å². The number of para-hydroxylation sites is 1. The fourth-order valence-electron chi connectivity index (χ4n) is 3.93. The molecule has 2 heterocycles. The largest absolute Gasteiger partial charge is 0.378 e. The van der Waals surface area contributed by atoms with Crippen molar-refractivity contribution < 1.29 is 9.53 Å². The first kappa shape index (κ1) is 13.6. The van der Waals surface area contributed by atoms with E-state index in [1.54, 1.807) is 0 Å². The van der Waals surface area contributed by atoms with E-state index in [1.807, 2.05) is 0 Å². The number of fused-ring (bicyclic) bond motifs is 3. The Labute approximate surface area is 120 Å². The van der Waals surface area contributed by atoms with Crippen LogP contribution in [0.2, 0.25) is 0 Å². The summed E-state index contributed by atoms with van der Waals surface area (Å²) in [5, 5.41) is 3.70. The number of carbonyl (C=O) groups excluding carboxylic acids is 1. The Balaban J connectivity index is 2.01. The summed E-state index contributed by atoms with van der Waals surface area (Å²) in [7, 11) is 0. The molecular weight excluding hydrogens is 250 g/mol. The lowest BCUT2D eigenvalue weighted by Gasteiger charge is -2.44. The Kier molecular flexibility index (Phi) is 3.55. The average molecular weight is 273 g/mol. The topological polar surface area (TPSA) is 38.3 Å². The molecule has 1 aromatic carbocycles. The summed E-state index contributed by atoms with van der Waals surface area (Å²) in [6, 6.07) is 6.81. The molecule has 0 amide bonds. The number of nitrogens with one attached hydrogen (secondary N) is 1. The van der Waals surface area contributed by atoms with E-state index >= 15 is 0 Å². The van der Waals surface area contributed by atoms with Crippen LogP contribution in [0.4, 0.5) is 5.69 Å². The number of hydrogen-bond acceptors (Lipinski definition) is 3. The molecular formula is C17H23NO2. The number of hydrogen-bond donors (Lipinski definition) is 1. The second-order valence-electron chi connectivity index (χ2n) is 5.89. The van der Waals surface area contributed by atoms with Crippen LogP contribution in [0.25, 0.3) is 0 Å². The summed E-state index contributed by atoms with van der Waals surface area (Å²) in [6.45, 7) is 5.06. The van der Waals surface area contributed by atoms with E-state index in [-0.39, 0.29) is 11.6 Å². The highest BCUT2D eigenvalue weighted by Gasteiger charge is 2.49. The third-order valence-corrected chi connectivity index (χ3v) is 5.08. The Morgan fingerprint density at radius 2 is 2.30 bits per heavy atom. The molecule has 1 saturated heterocycles. The van der Waals surface area contributed by atoms with Gasteiger partial charge in [0.25, 0.3) is 0 Å². The number of aldehydes is 1. The monoisotopic (exact) mass is 273 g/mol. The van der Waals surface area contributed by atoms with Gasteiger partial charge >= 0.3 is 0 Å². The Hall–Kier alpha value is -1.35. The van der Waals surface area contributed by atoms with Crippen LogP contribution in [-0.2, 0) is 16.0 Å². The van der Waals surface area contributed by atoms with E-state index in [2.05, 4.69) is 37.4 Å². The molecule has 0 spiro atoms. The molecule has 0 aliphatic carbocycles. The molecule has 2 aliphatic heterocycles. The van der Waals surface area contributed by atoms with Crippen molar-refractivity contribution >= 4 is 12.0 Å². The van der Waals surface area contributed by atoms with Gasteiger partial charge in [0.2, 0.25) is 0 Å². The smallest absolute Gasteiger partial charge is 0.122 e. The predicted octanol–water partition coefficient (Wildman–Crippen LogP) is 3.28. The van der Waals surface area contributed by atoms with Crippen molar-refractivity contribution in [3.8, 4) is 0 Å².